The molecule has 3 heteroatoms. The Labute approximate surface area is 98.6 Å². The summed E-state index contributed by atoms with van der Waals surface area (Å²) in [5.41, 5.74) is -0.250. The van der Waals surface area contributed by atoms with Crippen LogP contribution in [0.15, 0.2) is 24.8 Å². The van der Waals surface area contributed by atoms with E-state index >= 15 is 0 Å². The highest BCUT2D eigenvalue weighted by atomic mass is 16.6. The second kappa shape index (κ2) is 7.09. The van der Waals surface area contributed by atoms with Gasteiger partial charge in [-0.15, -0.1) is 0 Å². The first-order valence-corrected chi connectivity index (χ1v) is 5.61. The van der Waals surface area contributed by atoms with Crippen molar-refractivity contribution >= 4 is 6.09 Å². The summed E-state index contributed by atoms with van der Waals surface area (Å²) in [6, 6.07) is 0. The third-order valence-electron chi connectivity index (χ3n) is 1.80. The molecule has 0 saturated heterocycles. The molecule has 0 aromatic carbocycles. The Morgan fingerprint density at radius 2 is 2.12 bits per heavy atom. The number of ether oxygens (including phenoxy) is 1. The minimum absolute atomic E-state index is 0.0724. The molecule has 0 aliphatic carbocycles. The molecule has 0 aliphatic rings. The molecule has 0 bridgehead atoms. The number of alkyl carbamates (subject to hydrolysis) is 1. The number of amides is 1. The van der Waals surface area contributed by atoms with Gasteiger partial charge in [-0.25, -0.2) is 4.79 Å². The zero-order chi connectivity index (χ0) is 12.6. The predicted molar refractivity (Wildman–Crippen MR) is 67.4 cm³/mol. The lowest BCUT2D eigenvalue weighted by Crippen LogP contribution is -2.42. The number of allylic oxidation sites excluding steroid dienone is 3. The maximum Gasteiger partial charge on any atom is 0.407 e. The summed E-state index contributed by atoms with van der Waals surface area (Å²) in [6.45, 7) is 11.2. The van der Waals surface area contributed by atoms with Crippen molar-refractivity contribution in [2.75, 3.05) is 0 Å². The quantitative estimate of drug-likeness (QED) is 0.728. The van der Waals surface area contributed by atoms with Crippen molar-refractivity contribution in [3.63, 3.8) is 0 Å². The summed E-state index contributed by atoms with van der Waals surface area (Å²) in [5.74, 6) is 0. The van der Waals surface area contributed by atoms with Gasteiger partial charge in [0.1, 0.15) is 6.10 Å². The molecule has 0 aliphatic heterocycles. The summed E-state index contributed by atoms with van der Waals surface area (Å²) in [5, 5.41) is 2.76. The Morgan fingerprint density at radius 3 is 2.62 bits per heavy atom. The van der Waals surface area contributed by atoms with Gasteiger partial charge in [0.05, 0.1) is 0 Å². The molecule has 16 heavy (non-hydrogen) atoms. The average Bonchev–Trinajstić information content (AvgIpc) is 2.09. The molecule has 0 rings (SSSR count). The lowest BCUT2D eigenvalue weighted by atomic mass is 10.1. The molecule has 0 spiro atoms. The fraction of sp³-hybridized carbons (Fsp3) is 0.615. The molecule has 0 heterocycles. The van der Waals surface area contributed by atoms with E-state index in [1.165, 1.54) is 0 Å². The summed E-state index contributed by atoms with van der Waals surface area (Å²) in [4.78, 5) is 11.4. The topological polar surface area (TPSA) is 38.3 Å². The van der Waals surface area contributed by atoms with Crippen LogP contribution in [-0.2, 0) is 4.74 Å². The first-order chi connectivity index (χ1) is 7.35. The summed E-state index contributed by atoms with van der Waals surface area (Å²) in [7, 11) is 0. The van der Waals surface area contributed by atoms with Crippen molar-refractivity contribution in [2.45, 2.75) is 52.2 Å². The number of nitrogens with one attached hydrogen (secondary N) is 1. The van der Waals surface area contributed by atoms with Crippen LogP contribution in [0.25, 0.3) is 0 Å². The van der Waals surface area contributed by atoms with Crippen LogP contribution in [-0.4, -0.2) is 17.7 Å². The smallest absolute Gasteiger partial charge is 0.407 e. The van der Waals surface area contributed by atoms with Gasteiger partial charge in [-0.1, -0.05) is 24.8 Å². The van der Waals surface area contributed by atoms with Gasteiger partial charge < -0.3 is 10.1 Å². The standard InChI is InChI=1S/C13H23NO2/c1-6-7-8-9-10-11(2)16-12(15)14-13(3,4)5/h6-8,11H,1,9-10H2,2-5H3,(H,14,15)/b8-7+. The number of rotatable bonds is 5. The minimum Gasteiger partial charge on any atom is -0.447 e. The number of hydrogen-bond donors (Lipinski definition) is 1. The Morgan fingerprint density at radius 1 is 1.50 bits per heavy atom. The molecule has 1 atom stereocenters. The summed E-state index contributed by atoms with van der Waals surface area (Å²) < 4.78 is 5.20. The van der Waals surface area contributed by atoms with Gasteiger partial charge in [-0.05, 0) is 40.5 Å². The van der Waals surface area contributed by atoms with Gasteiger partial charge in [0.25, 0.3) is 0 Å². The van der Waals surface area contributed by atoms with Crippen LogP contribution in [0.3, 0.4) is 0 Å². The van der Waals surface area contributed by atoms with E-state index in [1.807, 2.05) is 39.8 Å². The Balaban J connectivity index is 3.78. The Kier molecular flexibility index (Phi) is 6.54. The molecule has 1 unspecified atom stereocenters. The van der Waals surface area contributed by atoms with Gasteiger partial charge in [-0.2, -0.15) is 0 Å². The van der Waals surface area contributed by atoms with E-state index in [-0.39, 0.29) is 17.7 Å². The molecule has 3 nitrogen and oxygen atoms in total. The van der Waals surface area contributed by atoms with E-state index < -0.39 is 0 Å². The van der Waals surface area contributed by atoms with E-state index in [0.29, 0.717) is 0 Å². The predicted octanol–water partition coefficient (Wildman–Crippen LogP) is 3.42. The van der Waals surface area contributed by atoms with Crippen LogP contribution in [0.1, 0.15) is 40.5 Å². The molecule has 1 N–H and O–H groups in total. The van der Waals surface area contributed by atoms with Crippen LogP contribution < -0.4 is 5.32 Å². The third-order valence-corrected chi connectivity index (χ3v) is 1.80. The fourth-order valence-corrected chi connectivity index (χ4v) is 1.10. The second-order valence-electron chi connectivity index (χ2n) is 4.83. The molecule has 0 fully saturated rings. The number of carbonyl (C=O) groups excluding carboxylic acids is 1. The average molecular weight is 225 g/mol. The third kappa shape index (κ3) is 9.31. The normalized spacial score (nSPS) is 13.5. The van der Waals surface area contributed by atoms with Gasteiger partial charge in [0.2, 0.25) is 0 Å². The van der Waals surface area contributed by atoms with Crippen LogP contribution >= 0.6 is 0 Å². The lowest BCUT2D eigenvalue weighted by Gasteiger charge is -2.21. The van der Waals surface area contributed by atoms with Crippen molar-refractivity contribution in [1.82, 2.24) is 5.32 Å². The van der Waals surface area contributed by atoms with E-state index in [9.17, 15) is 4.79 Å². The highest BCUT2D eigenvalue weighted by Gasteiger charge is 2.16. The van der Waals surface area contributed by atoms with E-state index in [1.54, 1.807) is 6.08 Å². The first kappa shape index (κ1) is 14.8. The van der Waals surface area contributed by atoms with Crippen molar-refractivity contribution in [2.24, 2.45) is 0 Å². The van der Waals surface area contributed by atoms with Crippen LogP contribution in [0.5, 0.6) is 0 Å². The largest absolute Gasteiger partial charge is 0.447 e. The zero-order valence-electron chi connectivity index (χ0n) is 10.7. The van der Waals surface area contributed by atoms with Gasteiger partial charge >= 0.3 is 6.09 Å². The molecule has 92 valence electrons. The van der Waals surface area contributed by atoms with Crippen molar-refractivity contribution < 1.29 is 9.53 Å². The Hall–Kier alpha value is -1.25. The number of carbonyl (C=O) groups is 1. The molecule has 0 radical (unpaired) electrons. The van der Waals surface area contributed by atoms with Gasteiger partial charge in [-0.3, -0.25) is 0 Å². The highest BCUT2D eigenvalue weighted by Crippen LogP contribution is 2.05. The monoisotopic (exact) mass is 225 g/mol. The van der Waals surface area contributed by atoms with Gasteiger partial charge in [0.15, 0.2) is 0 Å². The van der Waals surface area contributed by atoms with Crippen molar-refractivity contribution in [1.29, 1.82) is 0 Å². The maximum absolute atomic E-state index is 11.4. The summed E-state index contributed by atoms with van der Waals surface area (Å²) in [6.07, 6.45) is 6.91. The van der Waals surface area contributed by atoms with E-state index in [2.05, 4.69) is 11.9 Å². The molecule has 1 amide bonds. The number of hydrogen-bond acceptors (Lipinski definition) is 2. The lowest BCUT2D eigenvalue weighted by molar-refractivity contribution is 0.0961. The van der Waals surface area contributed by atoms with E-state index in [4.69, 9.17) is 4.74 Å². The van der Waals surface area contributed by atoms with Crippen LogP contribution in [0.4, 0.5) is 4.79 Å². The molecule has 0 aromatic rings. The Bertz CT molecular complexity index is 251. The molecular weight excluding hydrogens is 202 g/mol. The molecular formula is C13H23NO2. The van der Waals surface area contributed by atoms with Gasteiger partial charge in [0, 0.05) is 5.54 Å². The fourth-order valence-electron chi connectivity index (χ4n) is 1.10. The second-order valence-corrected chi connectivity index (χ2v) is 4.83. The van der Waals surface area contributed by atoms with Crippen LogP contribution in [0.2, 0.25) is 0 Å². The van der Waals surface area contributed by atoms with Crippen LogP contribution in [0, 0.1) is 0 Å². The molecule has 0 saturated carbocycles. The minimum atomic E-state index is -0.354. The maximum atomic E-state index is 11.4. The van der Waals surface area contributed by atoms with Crippen molar-refractivity contribution in [3.05, 3.63) is 24.8 Å². The first-order valence-electron chi connectivity index (χ1n) is 5.61. The van der Waals surface area contributed by atoms with Crippen molar-refractivity contribution in [3.8, 4) is 0 Å². The highest BCUT2D eigenvalue weighted by molar-refractivity contribution is 5.68. The summed E-state index contributed by atoms with van der Waals surface area (Å²) >= 11 is 0. The SMILES string of the molecule is C=C/C=C/CCC(C)OC(=O)NC(C)(C)C. The van der Waals surface area contributed by atoms with E-state index in [0.717, 1.165) is 12.8 Å². The zero-order valence-corrected chi connectivity index (χ0v) is 10.7. The molecule has 0 aromatic heterocycles.